The van der Waals surface area contributed by atoms with Crippen molar-refractivity contribution in [1.82, 2.24) is 0 Å². The standard InChI is InChI=1S/C81H138NO8P/c1-3-5-7-9-11-13-15-17-19-21-23-25-27-29-31-33-35-37-38-39-40-42-43-45-47-49-51-53-55-57-59-61-63-65-67-69-71-73-80(83)87-77-79(78-89-91(85,86)88-76-75-82)90-81(84)74-72-70-68-66-64-62-60-58-56-54-52-50-48-46-44-41-36-34-32-30-28-26-24-22-20-18-16-14-12-10-8-6-4-2/h6,8,12,14-15,17-18,20-21,23-24,26-27,29-30,32,36,41,46,48,52,54,58,60,79H,3-5,7,9-11,13,16,19,22,25,28,31,33-35,37-40,42-45,47,49-51,53,55-57,59,61-78,82H2,1-2H3,(H,85,86)/b8-6-,14-12-,17-15-,20-18-,23-21-,26-24-,29-27-,32-30-,41-36-,48-46-,54-52-,60-58-. The number of allylic oxidation sites excluding steroid dienone is 24. The Morgan fingerprint density at radius 1 is 0.341 bits per heavy atom. The molecule has 0 rings (SSSR count). The zero-order chi connectivity index (χ0) is 65.8. The van der Waals surface area contributed by atoms with Gasteiger partial charge in [0.1, 0.15) is 6.61 Å². The Bertz CT molecular complexity index is 2010. The highest BCUT2D eigenvalue weighted by Gasteiger charge is 2.26. The summed E-state index contributed by atoms with van der Waals surface area (Å²) in [7, 11) is -4.41. The second-order valence-corrected chi connectivity index (χ2v) is 25.9. The van der Waals surface area contributed by atoms with Gasteiger partial charge in [0, 0.05) is 19.4 Å². The normalized spacial score (nSPS) is 13.8. The molecule has 91 heavy (non-hydrogen) atoms. The molecule has 0 aromatic heterocycles. The van der Waals surface area contributed by atoms with Crippen molar-refractivity contribution in [2.24, 2.45) is 5.73 Å². The zero-order valence-electron chi connectivity index (χ0n) is 58.5. The molecule has 0 radical (unpaired) electrons. The van der Waals surface area contributed by atoms with Crippen molar-refractivity contribution in [1.29, 1.82) is 0 Å². The molecule has 3 N–H and O–H groups in total. The van der Waals surface area contributed by atoms with Crippen LogP contribution in [0.25, 0.3) is 0 Å². The smallest absolute Gasteiger partial charge is 0.462 e. The minimum atomic E-state index is -4.41. The Hall–Kier alpha value is -4.11. The molecule has 0 aliphatic heterocycles. The molecule has 10 heteroatoms. The highest BCUT2D eigenvalue weighted by molar-refractivity contribution is 7.47. The molecule has 0 fully saturated rings. The van der Waals surface area contributed by atoms with E-state index in [9.17, 15) is 19.0 Å². The second kappa shape index (κ2) is 74.9. The molecule has 0 amide bonds. The largest absolute Gasteiger partial charge is 0.472 e. The number of unbranched alkanes of at least 4 members (excludes halogenated alkanes) is 32. The van der Waals surface area contributed by atoms with Crippen molar-refractivity contribution in [3.05, 3.63) is 146 Å². The van der Waals surface area contributed by atoms with Gasteiger partial charge in [-0.15, -0.1) is 0 Å². The van der Waals surface area contributed by atoms with Gasteiger partial charge < -0.3 is 20.1 Å². The maximum Gasteiger partial charge on any atom is 0.472 e. The molecule has 2 atom stereocenters. The summed E-state index contributed by atoms with van der Waals surface area (Å²) < 4.78 is 33.2. The number of carbonyl (C=O) groups is 2. The zero-order valence-corrected chi connectivity index (χ0v) is 59.4. The number of hydrogen-bond donors (Lipinski definition) is 2. The van der Waals surface area contributed by atoms with Crippen LogP contribution >= 0.6 is 7.82 Å². The highest BCUT2D eigenvalue weighted by Crippen LogP contribution is 2.43. The van der Waals surface area contributed by atoms with Crippen LogP contribution in [-0.2, 0) is 32.7 Å². The van der Waals surface area contributed by atoms with Crippen molar-refractivity contribution in [2.75, 3.05) is 26.4 Å². The predicted octanol–water partition coefficient (Wildman–Crippen LogP) is 25.0. The van der Waals surface area contributed by atoms with E-state index < -0.39 is 26.5 Å². The molecule has 520 valence electrons. The van der Waals surface area contributed by atoms with E-state index in [-0.39, 0.29) is 38.6 Å². The van der Waals surface area contributed by atoms with Crippen LogP contribution in [0.5, 0.6) is 0 Å². The Kier molecular flexibility index (Phi) is 71.5. The molecule has 0 aliphatic rings. The average molecular weight is 1280 g/mol. The average Bonchev–Trinajstić information content (AvgIpc) is 3.74. The number of ether oxygens (including phenoxy) is 2. The van der Waals surface area contributed by atoms with Crippen molar-refractivity contribution in [3.8, 4) is 0 Å². The number of nitrogens with two attached hydrogens (primary N) is 1. The van der Waals surface area contributed by atoms with E-state index in [1.165, 1.54) is 167 Å². The Balaban J connectivity index is 3.91. The monoisotopic (exact) mass is 1280 g/mol. The summed E-state index contributed by atoms with van der Waals surface area (Å²) in [6.45, 7) is 3.61. The molecule has 0 aliphatic carbocycles. The van der Waals surface area contributed by atoms with E-state index in [4.69, 9.17) is 24.3 Å². The molecule has 0 spiro atoms. The fraction of sp³-hybridized carbons (Fsp3) is 0.679. The van der Waals surface area contributed by atoms with Crippen LogP contribution in [0.2, 0.25) is 0 Å². The van der Waals surface area contributed by atoms with Crippen molar-refractivity contribution >= 4 is 19.8 Å². The van der Waals surface area contributed by atoms with Crippen LogP contribution < -0.4 is 5.73 Å². The van der Waals surface area contributed by atoms with Crippen molar-refractivity contribution in [3.63, 3.8) is 0 Å². The quantitative estimate of drug-likeness (QED) is 0.0264. The first-order valence-corrected chi connectivity index (χ1v) is 38.8. The van der Waals surface area contributed by atoms with Gasteiger partial charge in [-0.25, -0.2) is 4.57 Å². The van der Waals surface area contributed by atoms with Crippen LogP contribution in [-0.4, -0.2) is 49.3 Å². The Morgan fingerprint density at radius 3 is 0.901 bits per heavy atom. The maximum absolute atomic E-state index is 12.8. The number of esters is 2. The fourth-order valence-corrected chi connectivity index (χ4v) is 11.0. The first-order chi connectivity index (χ1) is 44.8. The lowest BCUT2D eigenvalue weighted by Crippen LogP contribution is -2.29. The van der Waals surface area contributed by atoms with Crippen LogP contribution in [0.1, 0.15) is 322 Å². The molecule has 9 nitrogen and oxygen atoms in total. The molecular formula is C81H138NO8P. The van der Waals surface area contributed by atoms with Crippen molar-refractivity contribution < 1.29 is 37.6 Å². The Labute approximate surface area is 560 Å². The van der Waals surface area contributed by atoms with Gasteiger partial charge in [-0.3, -0.25) is 18.6 Å². The summed E-state index contributed by atoms with van der Waals surface area (Å²) in [5.74, 6) is -0.848. The number of phosphoric acid groups is 1. The number of phosphoric ester groups is 1. The van der Waals surface area contributed by atoms with E-state index in [1.54, 1.807) is 0 Å². The summed E-state index contributed by atoms with van der Waals surface area (Å²) in [5.41, 5.74) is 5.40. The number of rotatable bonds is 69. The summed E-state index contributed by atoms with van der Waals surface area (Å²) in [4.78, 5) is 35.4. The summed E-state index contributed by atoms with van der Waals surface area (Å²) in [6.07, 6.45) is 108. The molecule has 0 bridgehead atoms. The maximum atomic E-state index is 12.8. The first-order valence-electron chi connectivity index (χ1n) is 37.3. The van der Waals surface area contributed by atoms with E-state index >= 15 is 0 Å². The third-order valence-electron chi connectivity index (χ3n) is 15.7. The van der Waals surface area contributed by atoms with Gasteiger partial charge >= 0.3 is 19.8 Å². The summed E-state index contributed by atoms with van der Waals surface area (Å²) >= 11 is 0. The fourth-order valence-electron chi connectivity index (χ4n) is 10.2. The molecule has 0 aromatic rings. The molecular weight excluding hydrogens is 1150 g/mol. The Morgan fingerprint density at radius 2 is 0.604 bits per heavy atom. The topological polar surface area (TPSA) is 134 Å². The molecule has 0 saturated carbocycles. The van der Waals surface area contributed by atoms with Crippen LogP contribution in [0.15, 0.2) is 146 Å². The van der Waals surface area contributed by atoms with Gasteiger partial charge in [0.15, 0.2) is 6.10 Å². The lowest BCUT2D eigenvalue weighted by Gasteiger charge is -2.19. The highest BCUT2D eigenvalue weighted by atomic mass is 31.2. The van der Waals surface area contributed by atoms with Gasteiger partial charge in [-0.05, 0) is 122 Å². The van der Waals surface area contributed by atoms with Gasteiger partial charge in [0.25, 0.3) is 0 Å². The van der Waals surface area contributed by atoms with E-state index in [0.29, 0.717) is 6.42 Å². The van der Waals surface area contributed by atoms with E-state index in [1.807, 2.05) is 0 Å². The lowest BCUT2D eigenvalue weighted by atomic mass is 10.0. The number of carbonyl (C=O) groups excluding carboxylic acids is 2. The first kappa shape index (κ1) is 86.9. The number of hydrogen-bond acceptors (Lipinski definition) is 8. The molecule has 0 aromatic carbocycles. The summed E-state index contributed by atoms with van der Waals surface area (Å²) in [6, 6.07) is 0. The molecule has 0 heterocycles. The SMILES string of the molecule is CC/C=C\C/C=C\C/C=C\C/C=C\C/C=C\C/C=C\C/C=C\C/C=C\C/C=C\CCCCCCCC(=O)OC(COC(=O)CCCCCCCCCCCCCCCCCCCCCCCC/C=C\C/C=C\C/C=C\CCCCCCC)COP(=O)(O)OCCN. The van der Waals surface area contributed by atoms with Gasteiger partial charge in [-0.1, -0.05) is 333 Å². The minimum absolute atomic E-state index is 0.0439. The minimum Gasteiger partial charge on any atom is -0.462 e. The molecule has 0 saturated heterocycles. The lowest BCUT2D eigenvalue weighted by molar-refractivity contribution is -0.161. The predicted molar refractivity (Wildman–Crippen MR) is 394 cm³/mol. The van der Waals surface area contributed by atoms with Crippen molar-refractivity contribution in [2.45, 2.75) is 328 Å². The van der Waals surface area contributed by atoms with E-state index in [0.717, 1.165) is 122 Å². The van der Waals surface area contributed by atoms with Crippen LogP contribution in [0.4, 0.5) is 0 Å². The van der Waals surface area contributed by atoms with Gasteiger partial charge in [0.05, 0.1) is 13.2 Å². The van der Waals surface area contributed by atoms with Gasteiger partial charge in [-0.2, -0.15) is 0 Å². The summed E-state index contributed by atoms with van der Waals surface area (Å²) in [5, 5.41) is 0. The van der Waals surface area contributed by atoms with Crippen LogP contribution in [0, 0.1) is 0 Å². The third-order valence-corrected chi connectivity index (χ3v) is 16.7. The van der Waals surface area contributed by atoms with E-state index in [2.05, 4.69) is 160 Å². The van der Waals surface area contributed by atoms with Gasteiger partial charge in [0.2, 0.25) is 0 Å². The third kappa shape index (κ3) is 74.8. The van der Waals surface area contributed by atoms with Crippen LogP contribution in [0.3, 0.4) is 0 Å². The molecule has 2 unspecified atom stereocenters. The second-order valence-electron chi connectivity index (χ2n) is 24.4.